The number of sulfonamides is 1. The number of ether oxygens (including phenoxy) is 1. The number of carbonyl (C=O) groups excluding carboxylic acids is 1. The van der Waals surface area contributed by atoms with Gasteiger partial charge in [0.1, 0.15) is 5.75 Å². The minimum absolute atomic E-state index is 0.0305. The molecule has 3 rings (SSSR count). The van der Waals surface area contributed by atoms with E-state index < -0.39 is 22.5 Å². The Morgan fingerprint density at radius 2 is 1.60 bits per heavy atom. The van der Waals surface area contributed by atoms with Crippen LogP contribution in [0.3, 0.4) is 0 Å². The van der Waals surface area contributed by atoms with Crippen LogP contribution >= 0.6 is 11.6 Å². The largest absolute Gasteiger partial charge is 0.483 e. The van der Waals surface area contributed by atoms with Gasteiger partial charge in [-0.1, -0.05) is 41.9 Å². The maximum atomic E-state index is 13.4. The number of aryl methyl sites for hydroxylation is 3. The first-order chi connectivity index (χ1) is 14.2. The number of benzene rings is 3. The van der Waals surface area contributed by atoms with Crippen LogP contribution in [0.4, 0.5) is 5.69 Å². The highest BCUT2D eigenvalue weighted by Crippen LogP contribution is 2.29. The summed E-state index contributed by atoms with van der Waals surface area (Å²) in [7, 11) is -4.18. The van der Waals surface area contributed by atoms with Crippen molar-refractivity contribution in [1.29, 1.82) is 0 Å². The molecule has 0 aliphatic rings. The summed E-state index contributed by atoms with van der Waals surface area (Å²) < 4.78 is 33.3. The van der Waals surface area contributed by atoms with E-state index in [1.165, 1.54) is 24.3 Å². The molecule has 0 saturated carbocycles. The lowest BCUT2D eigenvalue weighted by atomic mass is 10.1. The highest BCUT2D eigenvalue weighted by Gasteiger charge is 2.32. The Kier molecular flexibility index (Phi) is 6.48. The number of carbonyl (C=O) groups is 1. The van der Waals surface area contributed by atoms with E-state index in [1.54, 1.807) is 31.2 Å². The molecule has 0 aliphatic heterocycles. The predicted molar refractivity (Wildman–Crippen MR) is 119 cm³/mol. The molecule has 0 aliphatic carbocycles. The Balaban J connectivity index is 2.03. The molecule has 30 heavy (non-hydrogen) atoms. The summed E-state index contributed by atoms with van der Waals surface area (Å²) in [5.41, 5.74) is 2.63. The van der Waals surface area contributed by atoms with Crippen LogP contribution < -0.4 is 9.04 Å². The predicted octanol–water partition coefficient (Wildman–Crippen LogP) is 5.07. The molecule has 0 radical (unpaired) electrons. The molecule has 0 fully saturated rings. The van der Waals surface area contributed by atoms with Gasteiger partial charge in [-0.05, 0) is 73.9 Å². The Labute approximate surface area is 181 Å². The van der Waals surface area contributed by atoms with Gasteiger partial charge in [-0.3, -0.25) is 4.79 Å². The van der Waals surface area contributed by atoms with E-state index in [4.69, 9.17) is 16.3 Å². The van der Waals surface area contributed by atoms with Crippen molar-refractivity contribution in [2.45, 2.75) is 25.7 Å². The van der Waals surface area contributed by atoms with Crippen molar-refractivity contribution in [3.63, 3.8) is 0 Å². The van der Waals surface area contributed by atoms with Crippen molar-refractivity contribution in [2.75, 3.05) is 10.9 Å². The van der Waals surface area contributed by atoms with E-state index in [2.05, 4.69) is 0 Å². The van der Waals surface area contributed by atoms with Crippen molar-refractivity contribution in [3.8, 4) is 5.75 Å². The normalized spacial score (nSPS) is 11.2. The second-order valence-electron chi connectivity index (χ2n) is 6.96. The zero-order valence-electron chi connectivity index (χ0n) is 16.9. The van der Waals surface area contributed by atoms with Gasteiger partial charge in [-0.15, -0.1) is 0 Å². The average Bonchev–Trinajstić information content (AvgIpc) is 2.70. The van der Waals surface area contributed by atoms with Gasteiger partial charge in [0.25, 0.3) is 15.9 Å². The second kappa shape index (κ2) is 8.90. The summed E-state index contributed by atoms with van der Waals surface area (Å²) in [6.07, 6.45) is 0. The summed E-state index contributed by atoms with van der Waals surface area (Å²) >= 11 is 5.90. The SMILES string of the molecule is Cc1ccc(C)c(N(C(=O)COc2ccccc2C)S(=O)(=O)c2ccc(Cl)cc2)c1. The number of halogens is 1. The van der Waals surface area contributed by atoms with E-state index in [0.717, 1.165) is 15.4 Å². The molecule has 0 unspecified atom stereocenters. The summed E-state index contributed by atoms with van der Waals surface area (Å²) in [4.78, 5) is 13.1. The number of nitrogens with zero attached hydrogens (tertiary/aromatic N) is 1. The second-order valence-corrected chi connectivity index (χ2v) is 9.18. The Morgan fingerprint density at radius 1 is 0.933 bits per heavy atom. The zero-order valence-corrected chi connectivity index (χ0v) is 18.5. The first-order valence-electron chi connectivity index (χ1n) is 9.29. The fraction of sp³-hybridized carbons (Fsp3) is 0.174. The molecule has 0 spiro atoms. The van der Waals surface area contributed by atoms with Crippen LogP contribution in [0.5, 0.6) is 5.75 Å². The van der Waals surface area contributed by atoms with Crippen LogP contribution in [-0.4, -0.2) is 20.9 Å². The standard InChI is InChI=1S/C23H22ClNO4S/c1-16-8-9-17(2)21(14-16)25(30(27,28)20-12-10-19(24)11-13-20)23(26)15-29-22-7-5-4-6-18(22)3/h4-14H,15H2,1-3H3. The van der Waals surface area contributed by atoms with E-state index in [9.17, 15) is 13.2 Å². The monoisotopic (exact) mass is 443 g/mol. The Hall–Kier alpha value is -2.83. The number of para-hydroxylation sites is 1. The quantitative estimate of drug-likeness (QED) is 0.533. The molecule has 0 bridgehead atoms. The van der Waals surface area contributed by atoms with E-state index >= 15 is 0 Å². The number of rotatable bonds is 6. The zero-order chi connectivity index (χ0) is 21.9. The summed E-state index contributed by atoms with van der Waals surface area (Å²) in [5, 5.41) is 0.404. The maximum absolute atomic E-state index is 13.4. The average molecular weight is 444 g/mol. The summed E-state index contributed by atoms with van der Waals surface area (Å²) in [6.45, 7) is 5.02. The molecule has 1 amide bonds. The van der Waals surface area contributed by atoms with Crippen LogP contribution in [0.1, 0.15) is 16.7 Å². The molecule has 7 heteroatoms. The minimum Gasteiger partial charge on any atom is -0.483 e. The third-order valence-electron chi connectivity index (χ3n) is 4.61. The van der Waals surface area contributed by atoms with Gasteiger partial charge in [0, 0.05) is 5.02 Å². The van der Waals surface area contributed by atoms with E-state index in [0.29, 0.717) is 22.0 Å². The molecular formula is C23H22ClNO4S. The third kappa shape index (κ3) is 4.66. The smallest absolute Gasteiger partial charge is 0.278 e. The van der Waals surface area contributed by atoms with Crippen LogP contribution in [-0.2, 0) is 14.8 Å². The summed E-state index contributed by atoms with van der Waals surface area (Å²) in [6, 6.07) is 18.3. The lowest BCUT2D eigenvalue weighted by molar-refractivity contribution is -0.119. The van der Waals surface area contributed by atoms with Crippen LogP contribution in [0.2, 0.25) is 5.02 Å². The number of hydrogen-bond donors (Lipinski definition) is 0. The highest BCUT2D eigenvalue weighted by atomic mass is 35.5. The molecule has 3 aromatic rings. The van der Waals surface area contributed by atoms with Crippen molar-refractivity contribution in [2.24, 2.45) is 0 Å². The number of hydrogen-bond acceptors (Lipinski definition) is 4. The number of anilines is 1. The van der Waals surface area contributed by atoms with E-state index in [1.807, 2.05) is 32.0 Å². The topological polar surface area (TPSA) is 63.7 Å². The molecule has 0 N–H and O–H groups in total. The van der Waals surface area contributed by atoms with Gasteiger partial charge in [0.05, 0.1) is 10.6 Å². The lowest BCUT2D eigenvalue weighted by Crippen LogP contribution is -2.40. The van der Waals surface area contributed by atoms with Crippen molar-refractivity contribution >= 4 is 33.2 Å². The first-order valence-corrected chi connectivity index (χ1v) is 11.1. The van der Waals surface area contributed by atoms with E-state index in [-0.39, 0.29) is 4.90 Å². The van der Waals surface area contributed by atoms with Gasteiger partial charge in [0.2, 0.25) is 0 Å². The number of amides is 1. The Bertz CT molecular complexity index is 1170. The van der Waals surface area contributed by atoms with Gasteiger partial charge in [0.15, 0.2) is 6.61 Å². The van der Waals surface area contributed by atoms with Crippen molar-refractivity contribution in [3.05, 3.63) is 88.4 Å². The molecule has 5 nitrogen and oxygen atoms in total. The molecule has 3 aromatic carbocycles. The lowest BCUT2D eigenvalue weighted by Gasteiger charge is -2.25. The van der Waals surface area contributed by atoms with Crippen molar-refractivity contribution < 1.29 is 17.9 Å². The molecule has 0 saturated heterocycles. The fourth-order valence-electron chi connectivity index (χ4n) is 2.96. The highest BCUT2D eigenvalue weighted by molar-refractivity contribution is 7.93. The maximum Gasteiger partial charge on any atom is 0.278 e. The molecule has 0 heterocycles. The fourth-order valence-corrected chi connectivity index (χ4v) is 4.56. The molecule has 156 valence electrons. The molecule has 0 atom stereocenters. The Morgan fingerprint density at radius 3 is 2.27 bits per heavy atom. The van der Waals surface area contributed by atoms with Crippen LogP contribution in [0.25, 0.3) is 0 Å². The van der Waals surface area contributed by atoms with Crippen LogP contribution in [0.15, 0.2) is 71.6 Å². The van der Waals surface area contributed by atoms with Gasteiger partial charge in [-0.2, -0.15) is 4.31 Å². The first kappa shape index (κ1) is 21.9. The molecule has 0 aromatic heterocycles. The van der Waals surface area contributed by atoms with Gasteiger partial charge >= 0.3 is 0 Å². The van der Waals surface area contributed by atoms with Crippen molar-refractivity contribution in [1.82, 2.24) is 0 Å². The van der Waals surface area contributed by atoms with Crippen LogP contribution in [0, 0.1) is 20.8 Å². The summed E-state index contributed by atoms with van der Waals surface area (Å²) in [5.74, 6) is -0.169. The van der Waals surface area contributed by atoms with Gasteiger partial charge in [-0.25, -0.2) is 8.42 Å². The van der Waals surface area contributed by atoms with Gasteiger partial charge < -0.3 is 4.74 Å². The third-order valence-corrected chi connectivity index (χ3v) is 6.61. The molecular weight excluding hydrogens is 422 g/mol. The minimum atomic E-state index is -4.18.